The van der Waals surface area contributed by atoms with Crippen LogP contribution in [0.25, 0.3) is 0 Å². The van der Waals surface area contributed by atoms with E-state index in [4.69, 9.17) is 0 Å². The van der Waals surface area contributed by atoms with Crippen LogP contribution in [0, 0.1) is 0 Å². The van der Waals surface area contributed by atoms with E-state index in [1.165, 1.54) is 0 Å². The summed E-state index contributed by atoms with van der Waals surface area (Å²) in [6.07, 6.45) is 2.73. The monoisotopic (exact) mass is 335 g/mol. The topological polar surface area (TPSA) is 61.9 Å². The molecule has 0 atom stereocenters. The van der Waals surface area contributed by atoms with Crippen LogP contribution in [0.15, 0.2) is 41.0 Å². The van der Waals surface area contributed by atoms with Gasteiger partial charge in [-0.25, -0.2) is 4.98 Å². The summed E-state index contributed by atoms with van der Waals surface area (Å²) in [6.45, 7) is 1.73. The van der Waals surface area contributed by atoms with Crippen LogP contribution in [-0.2, 0) is 0 Å². The molecular weight excluding hydrogens is 318 g/mol. The Labute approximate surface area is 127 Å². The Kier molecular flexibility index (Phi) is 5.61. The Morgan fingerprint density at radius 3 is 2.60 bits per heavy atom. The minimum Gasteiger partial charge on any atom is -0.385 e. The lowest BCUT2D eigenvalue weighted by molar-refractivity contribution is 0.895. The van der Waals surface area contributed by atoms with Gasteiger partial charge in [0.1, 0.15) is 5.82 Å². The Morgan fingerprint density at radius 2 is 1.85 bits per heavy atom. The van der Waals surface area contributed by atoms with Gasteiger partial charge in [0.25, 0.3) is 0 Å². The fourth-order valence-corrected chi connectivity index (χ4v) is 2.09. The summed E-state index contributed by atoms with van der Waals surface area (Å²) in [5.41, 5.74) is 1.14. The van der Waals surface area contributed by atoms with Crippen molar-refractivity contribution in [1.29, 1.82) is 0 Å². The van der Waals surface area contributed by atoms with Crippen molar-refractivity contribution >= 4 is 33.4 Å². The van der Waals surface area contributed by atoms with Gasteiger partial charge in [-0.1, -0.05) is 18.2 Å². The van der Waals surface area contributed by atoms with Crippen molar-refractivity contribution in [3.63, 3.8) is 0 Å². The summed E-state index contributed by atoms with van der Waals surface area (Å²) in [7, 11) is 1.83. The molecule has 0 saturated heterocycles. The average molecular weight is 336 g/mol. The summed E-state index contributed by atoms with van der Waals surface area (Å²) in [6, 6.07) is 10.2. The summed E-state index contributed by atoms with van der Waals surface area (Å²) >= 11 is 3.38. The first-order chi connectivity index (χ1) is 9.79. The lowest BCUT2D eigenvalue weighted by atomic mass is 10.3. The molecule has 0 fully saturated rings. The van der Waals surface area contributed by atoms with Crippen molar-refractivity contribution in [3.05, 3.63) is 41.0 Å². The first-order valence-corrected chi connectivity index (χ1v) is 7.32. The van der Waals surface area contributed by atoms with E-state index in [9.17, 15) is 0 Å². The maximum Gasteiger partial charge on any atom is 0.224 e. The van der Waals surface area contributed by atoms with Gasteiger partial charge in [0.15, 0.2) is 0 Å². The van der Waals surface area contributed by atoms with Crippen molar-refractivity contribution in [2.75, 3.05) is 36.1 Å². The van der Waals surface area contributed by atoms with Crippen molar-refractivity contribution < 1.29 is 0 Å². The summed E-state index contributed by atoms with van der Waals surface area (Å²) in [5.74, 6) is 1.42. The van der Waals surface area contributed by atoms with Crippen LogP contribution >= 0.6 is 15.9 Å². The van der Waals surface area contributed by atoms with Crippen molar-refractivity contribution in [2.45, 2.75) is 6.42 Å². The second kappa shape index (κ2) is 7.69. The molecule has 0 aliphatic carbocycles. The first kappa shape index (κ1) is 14.6. The average Bonchev–Trinajstić information content (AvgIpc) is 2.49. The molecule has 20 heavy (non-hydrogen) atoms. The fraction of sp³-hybridized carbons (Fsp3) is 0.286. The van der Waals surface area contributed by atoms with E-state index in [2.05, 4.69) is 54.0 Å². The summed E-state index contributed by atoms with van der Waals surface area (Å²) < 4.78 is 0.858. The standard InChI is InChI=1S/C14H18BrN5/c1-16-13-12(15)10-19-14(20-13)18-9-5-8-17-11-6-3-2-4-7-11/h2-4,6-7,10,17H,5,8-9H2,1H3,(H2,16,18,19,20). The zero-order valence-corrected chi connectivity index (χ0v) is 12.9. The number of nitrogens with zero attached hydrogens (tertiary/aromatic N) is 2. The number of halogens is 1. The maximum atomic E-state index is 4.35. The predicted octanol–water partition coefficient (Wildman–Crippen LogP) is 3.19. The number of benzene rings is 1. The molecule has 0 spiro atoms. The van der Waals surface area contributed by atoms with Gasteiger partial charge in [-0.2, -0.15) is 4.98 Å². The third-order valence-electron chi connectivity index (χ3n) is 2.72. The molecule has 0 bridgehead atoms. The van der Waals surface area contributed by atoms with E-state index in [0.717, 1.165) is 35.5 Å². The second-order valence-electron chi connectivity index (χ2n) is 4.21. The number of anilines is 3. The van der Waals surface area contributed by atoms with E-state index in [1.54, 1.807) is 6.20 Å². The molecule has 1 aromatic carbocycles. The molecule has 0 saturated carbocycles. The number of rotatable bonds is 7. The Balaban J connectivity index is 1.71. The van der Waals surface area contributed by atoms with Crippen LogP contribution in [-0.4, -0.2) is 30.1 Å². The third kappa shape index (κ3) is 4.38. The maximum absolute atomic E-state index is 4.35. The minimum absolute atomic E-state index is 0.636. The fourth-order valence-electron chi connectivity index (χ4n) is 1.70. The highest BCUT2D eigenvalue weighted by Crippen LogP contribution is 2.19. The van der Waals surface area contributed by atoms with E-state index in [-0.39, 0.29) is 0 Å². The van der Waals surface area contributed by atoms with Gasteiger partial charge in [-0.15, -0.1) is 0 Å². The Morgan fingerprint density at radius 1 is 1.10 bits per heavy atom. The Bertz CT molecular complexity index is 532. The van der Waals surface area contributed by atoms with Crippen LogP contribution < -0.4 is 16.0 Å². The summed E-state index contributed by atoms with van der Waals surface area (Å²) in [5, 5.41) is 9.58. The van der Waals surface area contributed by atoms with Gasteiger partial charge in [0.2, 0.25) is 5.95 Å². The lowest BCUT2D eigenvalue weighted by Gasteiger charge is -2.09. The van der Waals surface area contributed by atoms with Crippen molar-refractivity contribution in [3.8, 4) is 0 Å². The van der Waals surface area contributed by atoms with Crippen molar-refractivity contribution in [1.82, 2.24) is 9.97 Å². The van der Waals surface area contributed by atoms with Gasteiger partial charge in [-0.3, -0.25) is 0 Å². The molecule has 1 heterocycles. The lowest BCUT2D eigenvalue weighted by Crippen LogP contribution is -2.11. The molecule has 0 aliphatic rings. The largest absolute Gasteiger partial charge is 0.385 e. The highest BCUT2D eigenvalue weighted by molar-refractivity contribution is 9.10. The zero-order valence-electron chi connectivity index (χ0n) is 11.4. The molecule has 1 aromatic heterocycles. The van der Waals surface area contributed by atoms with Gasteiger partial charge in [0.05, 0.1) is 4.47 Å². The third-order valence-corrected chi connectivity index (χ3v) is 3.30. The number of hydrogen-bond donors (Lipinski definition) is 3. The highest BCUT2D eigenvalue weighted by atomic mass is 79.9. The number of para-hydroxylation sites is 1. The molecule has 6 heteroatoms. The number of nitrogens with one attached hydrogen (secondary N) is 3. The van der Waals surface area contributed by atoms with Crippen LogP contribution in [0.1, 0.15) is 6.42 Å². The van der Waals surface area contributed by atoms with Crippen LogP contribution in [0.4, 0.5) is 17.5 Å². The number of aromatic nitrogens is 2. The smallest absolute Gasteiger partial charge is 0.224 e. The van der Waals surface area contributed by atoms with Crippen LogP contribution in [0.2, 0.25) is 0 Å². The van der Waals surface area contributed by atoms with E-state index < -0.39 is 0 Å². The minimum atomic E-state index is 0.636. The SMILES string of the molecule is CNc1nc(NCCCNc2ccccc2)ncc1Br. The molecule has 0 amide bonds. The molecule has 0 radical (unpaired) electrons. The van der Waals surface area contributed by atoms with Gasteiger partial charge in [0, 0.05) is 32.0 Å². The molecule has 106 valence electrons. The van der Waals surface area contributed by atoms with Gasteiger partial charge in [-0.05, 0) is 34.5 Å². The van der Waals surface area contributed by atoms with Gasteiger partial charge >= 0.3 is 0 Å². The van der Waals surface area contributed by atoms with E-state index >= 15 is 0 Å². The quantitative estimate of drug-likeness (QED) is 0.678. The predicted molar refractivity (Wildman–Crippen MR) is 87.3 cm³/mol. The Hall–Kier alpha value is -1.82. The molecule has 5 nitrogen and oxygen atoms in total. The number of hydrogen-bond acceptors (Lipinski definition) is 5. The van der Waals surface area contributed by atoms with Crippen LogP contribution in [0.3, 0.4) is 0 Å². The summed E-state index contributed by atoms with van der Waals surface area (Å²) in [4.78, 5) is 8.56. The van der Waals surface area contributed by atoms with Gasteiger partial charge < -0.3 is 16.0 Å². The molecule has 0 aliphatic heterocycles. The second-order valence-corrected chi connectivity index (χ2v) is 5.07. The first-order valence-electron chi connectivity index (χ1n) is 6.52. The molecule has 3 N–H and O–H groups in total. The highest BCUT2D eigenvalue weighted by Gasteiger charge is 2.02. The zero-order chi connectivity index (χ0) is 14.2. The van der Waals surface area contributed by atoms with Crippen LogP contribution in [0.5, 0.6) is 0 Å². The normalized spacial score (nSPS) is 10.1. The van der Waals surface area contributed by atoms with E-state index in [0.29, 0.717) is 5.95 Å². The van der Waals surface area contributed by atoms with Crippen molar-refractivity contribution in [2.24, 2.45) is 0 Å². The molecule has 0 unspecified atom stereocenters. The van der Waals surface area contributed by atoms with E-state index in [1.807, 2.05) is 25.2 Å². The molecule has 2 aromatic rings. The molecule has 2 rings (SSSR count). The molecular formula is C14H18BrN5.